The number of hydrogen-bond acceptors (Lipinski definition) is 4. The van der Waals surface area contributed by atoms with Crippen molar-refractivity contribution in [2.75, 3.05) is 13.2 Å². The van der Waals surface area contributed by atoms with Gasteiger partial charge in [-0.2, -0.15) is 4.37 Å². The van der Waals surface area contributed by atoms with Gasteiger partial charge in [-0.05, 0) is 35.9 Å². The van der Waals surface area contributed by atoms with Crippen molar-refractivity contribution < 1.29 is 4.74 Å². The van der Waals surface area contributed by atoms with E-state index < -0.39 is 0 Å². The van der Waals surface area contributed by atoms with Crippen LogP contribution in [0.1, 0.15) is 38.4 Å². The van der Waals surface area contributed by atoms with E-state index in [0.717, 1.165) is 31.7 Å². The van der Waals surface area contributed by atoms with E-state index in [0.29, 0.717) is 11.5 Å². The predicted molar refractivity (Wildman–Crippen MR) is 64.6 cm³/mol. The molecule has 1 aliphatic carbocycles. The summed E-state index contributed by atoms with van der Waals surface area (Å²) in [6.07, 6.45) is 2.27. The maximum atomic E-state index is 6.08. The van der Waals surface area contributed by atoms with Gasteiger partial charge in [0.15, 0.2) is 0 Å². The van der Waals surface area contributed by atoms with Crippen LogP contribution in [-0.4, -0.2) is 23.1 Å². The third-order valence-electron chi connectivity index (χ3n) is 3.68. The smallest absolute Gasteiger partial charge is 0.0902 e. The molecule has 0 radical (unpaired) electrons. The number of nitrogens with zero attached hydrogens (tertiary/aromatic N) is 1. The van der Waals surface area contributed by atoms with E-state index >= 15 is 0 Å². The zero-order chi connectivity index (χ0) is 11.2. The minimum atomic E-state index is 0.00975. The van der Waals surface area contributed by atoms with Crippen LogP contribution in [0.5, 0.6) is 0 Å². The Labute approximate surface area is 100 Å². The molecule has 1 aromatic heterocycles. The molecule has 4 heteroatoms. The van der Waals surface area contributed by atoms with Crippen LogP contribution in [0.25, 0.3) is 0 Å². The van der Waals surface area contributed by atoms with Crippen molar-refractivity contribution in [3.8, 4) is 0 Å². The summed E-state index contributed by atoms with van der Waals surface area (Å²) in [6.45, 7) is 6.39. The van der Waals surface area contributed by atoms with Crippen molar-refractivity contribution >= 4 is 11.5 Å². The van der Waals surface area contributed by atoms with Crippen LogP contribution in [0, 0.1) is 5.41 Å². The third-order valence-corrected chi connectivity index (χ3v) is 4.25. The lowest BCUT2D eigenvalue weighted by Gasteiger charge is -2.58. The Morgan fingerprint density at radius 2 is 2.31 bits per heavy atom. The van der Waals surface area contributed by atoms with Gasteiger partial charge in [-0.3, -0.25) is 0 Å². The zero-order valence-corrected chi connectivity index (χ0v) is 10.6. The van der Waals surface area contributed by atoms with Crippen molar-refractivity contribution in [1.29, 1.82) is 0 Å². The van der Waals surface area contributed by atoms with Crippen LogP contribution >= 0.6 is 11.5 Å². The lowest BCUT2D eigenvalue weighted by atomic mass is 9.57. The van der Waals surface area contributed by atoms with Gasteiger partial charge in [0.25, 0.3) is 0 Å². The minimum Gasteiger partial charge on any atom is -0.372 e. The Morgan fingerprint density at radius 3 is 2.94 bits per heavy atom. The summed E-state index contributed by atoms with van der Waals surface area (Å²) in [5.74, 6) is 0. The Bertz CT molecular complexity index is 366. The summed E-state index contributed by atoms with van der Waals surface area (Å²) in [7, 11) is 0. The van der Waals surface area contributed by atoms with Crippen LogP contribution < -0.4 is 5.32 Å². The van der Waals surface area contributed by atoms with Gasteiger partial charge in [-0.1, -0.05) is 13.8 Å². The maximum Gasteiger partial charge on any atom is 0.0902 e. The second-order valence-corrected chi connectivity index (χ2v) is 6.41. The lowest BCUT2D eigenvalue weighted by Crippen LogP contribution is -2.61. The summed E-state index contributed by atoms with van der Waals surface area (Å²) in [5.41, 5.74) is 1.59. The minimum absolute atomic E-state index is 0.00975. The van der Waals surface area contributed by atoms with E-state index in [4.69, 9.17) is 4.74 Å². The van der Waals surface area contributed by atoms with Crippen LogP contribution in [-0.2, 0) is 4.74 Å². The predicted octanol–water partition coefficient (Wildman–Crippen LogP) is 2.36. The van der Waals surface area contributed by atoms with Crippen molar-refractivity contribution in [3.05, 3.63) is 17.1 Å². The van der Waals surface area contributed by atoms with E-state index in [1.54, 1.807) is 0 Å². The van der Waals surface area contributed by atoms with Gasteiger partial charge in [-0.15, -0.1) is 0 Å². The molecule has 1 atom stereocenters. The summed E-state index contributed by atoms with van der Waals surface area (Å²) in [5, 5.41) is 5.62. The molecule has 0 amide bonds. The Kier molecular flexibility index (Phi) is 2.35. The van der Waals surface area contributed by atoms with Crippen molar-refractivity contribution in [2.24, 2.45) is 5.41 Å². The Morgan fingerprint density at radius 1 is 1.50 bits per heavy atom. The largest absolute Gasteiger partial charge is 0.372 e. The van der Waals surface area contributed by atoms with Crippen LogP contribution in [0.4, 0.5) is 0 Å². The van der Waals surface area contributed by atoms with Gasteiger partial charge in [0.2, 0.25) is 0 Å². The van der Waals surface area contributed by atoms with E-state index in [2.05, 4.69) is 29.6 Å². The van der Waals surface area contributed by atoms with Crippen molar-refractivity contribution in [3.63, 3.8) is 0 Å². The molecular formula is C12H18N2OS. The highest BCUT2D eigenvalue weighted by molar-refractivity contribution is 7.03. The molecule has 1 aliphatic heterocycles. The third kappa shape index (κ3) is 1.60. The second kappa shape index (κ2) is 3.52. The quantitative estimate of drug-likeness (QED) is 0.815. The Hall–Kier alpha value is -0.450. The molecule has 1 saturated heterocycles. The molecular weight excluding hydrogens is 220 g/mol. The van der Waals surface area contributed by atoms with Crippen LogP contribution in [0.15, 0.2) is 11.4 Å². The highest BCUT2D eigenvalue weighted by atomic mass is 32.1. The number of rotatable bonds is 1. The van der Waals surface area contributed by atoms with Gasteiger partial charge < -0.3 is 10.1 Å². The molecule has 2 aliphatic rings. The molecule has 1 saturated carbocycles. The standard InChI is InChI=1S/C12H18N2OS/c1-11(2)7-12(8-11)10(13-4-5-15-12)9-3-6-16-14-9/h3,6,10,13H,4-5,7-8H2,1-2H3. The zero-order valence-electron chi connectivity index (χ0n) is 9.82. The number of nitrogens with one attached hydrogen (secondary N) is 1. The number of morpholine rings is 1. The average molecular weight is 238 g/mol. The van der Waals surface area contributed by atoms with Crippen molar-refractivity contribution in [2.45, 2.75) is 38.3 Å². The Balaban J connectivity index is 1.86. The molecule has 3 nitrogen and oxygen atoms in total. The normalized spacial score (nSPS) is 31.2. The number of aromatic nitrogens is 1. The molecule has 88 valence electrons. The molecule has 1 spiro atoms. The first-order valence-corrected chi connectivity index (χ1v) is 6.73. The molecule has 2 fully saturated rings. The lowest BCUT2D eigenvalue weighted by molar-refractivity contribution is -0.196. The van der Waals surface area contributed by atoms with E-state index in [9.17, 15) is 0 Å². The summed E-state index contributed by atoms with van der Waals surface area (Å²) >= 11 is 1.52. The van der Waals surface area contributed by atoms with Gasteiger partial charge >= 0.3 is 0 Å². The topological polar surface area (TPSA) is 34.1 Å². The first-order valence-electron chi connectivity index (χ1n) is 5.89. The van der Waals surface area contributed by atoms with Gasteiger partial charge in [0.05, 0.1) is 23.9 Å². The van der Waals surface area contributed by atoms with Gasteiger partial charge in [0.1, 0.15) is 0 Å². The fourth-order valence-corrected chi connectivity index (χ4v) is 3.90. The fourth-order valence-electron chi connectivity index (χ4n) is 3.35. The molecule has 2 heterocycles. The molecule has 1 unspecified atom stereocenters. The molecule has 1 N–H and O–H groups in total. The van der Waals surface area contributed by atoms with E-state index in [1.165, 1.54) is 11.5 Å². The summed E-state index contributed by atoms with van der Waals surface area (Å²) in [6, 6.07) is 2.41. The first kappa shape index (κ1) is 10.7. The number of hydrogen-bond donors (Lipinski definition) is 1. The molecule has 0 aromatic carbocycles. The number of ether oxygens (including phenoxy) is 1. The molecule has 3 rings (SSSR count). The second-order valence-electron chi connectivity index (χ2n) is 5.74. The molecule has 1 aromatic rings. The fraction of sp³-hybridized carbons (Fsp3) is 0.750. The highest BCUT2D eigenvalue weighted by Crippen LogP contribution is 2.56. The monoisotopic (exact) mass is 238 g/mol. The molecule has 16 heavy (non-hydrogen) atoms. The van der Waals surface area contributed by atoms with Gasteiger partial charge in [0, 0.05) is 11.9 Å². The average Bonchev–Trinajstić information content (AvgIpc) is 2.68. The van der Waals surface area contributed by atoms with E-state index in [-0.39, 0.29) is 5.60 Å². The highest BCUT2D eigenvalue weighted by Gasteiger charge is 2.56. The summed E-state index contributed by atoms with van der Waals surface area (Å²) in [4.78, 5) is 0. The van der Waals surface area contributed by atoms with Crippen LogP contribution in [0.2, 0.25) is 0 Å². The molecule has 0 bridgehead atoms. The summed E-state index contributed by atoms with van der Waals surface area (Å²) < 4.78 is 10.5. The van der Waals surface area contributed by atoms with Crippen LogP contribution in [0.3, 0.4) is 0 Å². The van der Waals surface area contributed by atoms with Crippen molar-refractivity contribution in [1.82, 2.24) is 9.69 Å². The van der Waals surface area contributed by atoms with E-state index in [1.807, 2.05) is 5.38 Å². The first-order chi connectivity index (χ1) is 7.61. The maximum absolute atomic E-state index is 6.08. The SMILES string of the molecule is CC1(C)CC2(C1)OCCNC2c1ccsn1. The van der Waals surface area contributed by atoms with Gasteiger partial charge in [-0.25, -0.2) is 0 Å².